The molecule has 7 nitrogen and oxygen atoms in total. The quantitative estimate of drug-likeness (QED) is 0.211. The number of rotatable bonds is 8. The number of nitrogens with one attached hydrogen (secondary N) is 2. The van der Waals surface area contributed by atoms with E-state index < -0.39 is 6.10 Å². The normalized spacial score (nSPS) is 17.7. The van der Waals surface area contributed by atoms with Crippen molar-refractivity contribution in [1.82, 2.24) is 10.3 Å². The largest absolute Gasteiger partial charge is 0.482 e. The SMILES string of the molecule is CC(Cc1c[nH]c2ccccc12)NC1CCc2c(ccc(OCc3ccccc3)c2[N+](=O)[O-])C1O.Cl. The van der Waals surface area contributed by atoms with Crippen LogP contribution in [0.1, 0.15) is 41.7 Å². The van der Waals surface area contributed by atoms with Crippen LogP contribution in [-0.2, 0) is 19.4 Å². The topological polar surface area (TPSA) is 100 Å². The Bertz CT molecular complexity index is 1340. The third-order valence-electron chi connectivity index (χ3n) is 6.81. The molecule has 0 saturated carbocycles. The lowest BCUT2D eigenvalue weighted by Crippen LogP contribution is -2.44. The van der Waals surface area contributed by atoms with E-state index in [1.165, 1.54) is 10.9 Å². The number of aliphatic hydroxyl groups excluding tert-OH is 1. The average Bonchev–Trinajstić information content (AvgIpc) is 3.27. The zero-order valence-electron chi connectivity index (χ0n) is 20.0. The lowest BCUT2D eigenvalue weighted by atomic mass is 9.84. The van der Waals surface area contributed by atoms with Gasteiger partial charge in [-0.3, -0.25) is 10.1 Å². The summed E-state index contributed by atoms with van der Waals surface area (Å²) in [6.07, 6.45) is 3.13. The summed E-state index contributed by atoms with van der Waals surface area (Å²) in [5.41, 5.74) is 4.40. The fourth-order valence-electron chi connectivity index (χ4n) is 5.13. The van der Waals surface area contributed by atoms with Gasteiger partial charge in [0.2, 0.25) is 0 Å². The van der Waals surface area contributed by atoms with Gasteiger partial charge in [0.25, 0.3) is 0 Å². The zero-order valence-corrected chi connectivity index (χ0v) is 20.8. The molecule has 4 aromatic rings. The van der Waals surface area contributed by atoms with Gasteiger partial charge < -0.3 is 20.1 Å². The van der Waals surface area contributed by atoms with E-state index in [4.69, 9.17) is 4.74 Å². The van der Waals surface area contributed by atoms with Gasteiger partial charge in [-0.1, -0.05) is 54.6 Å². The van der Waals surface area contributed by atoms with E-state index in [1.54, 1.807) is 12.1 Å². The van der Waals surface area contributed by atoms with Gasteiger partial charge in [-0.2, -0.15) is 0 Å². The maximum Gasteiger partial charge on any atom is 0.314 e. The molecule has 3 N–H and O–H groups in total. The summed E-state index contributed by atoms with van der Waals surface area (Å²) in [5, 5.41) is 27.9. The van der Waals surface area contributed by atoms with Crippen molar-refractivity contribution in [2.24, 2.45) is 0 Å². The molecule has 0 spiro atoms. The number of benzene rings is 3. The van der Waals surface area contributed by atoms with Gasteiger partial charge in [-0.05, 0) is 55.0 Å². The van der Waals surface area contributed by atoms with Crippen LogP contribution in [0.2, 0.25) is 0 Å². The van der Waals surface area contributed by atoms with Crippen LogP contribution >= 0.6 is 12.4 Å². The lowest BCUT2D eigenvalue weighted by Gasteiger charge is -2.33. The summed E-state index contributed by atoms with van der Waals surface area (Å²) < 4.78 is 5.83. The highest BCUT2D eigenvalue weighted by Gasteiger charge is 2.35. The van der Waals surface area contributed by atoms with Gasteiger partial charge in [-0.15, -0.1) is 12.4 Å². The Balaban J connectivity index is 0.00000304. The second-order valence-corrected chi connectivity index (χ2v) is 9.23. The fraction of sp³-hybridized carbons (Fsp3) is 0.286. The van der Waals surface area contributed by atoms with Crippen LogP contribution in [0.15, 0.2) is 72.9 Å². The summed E-state index contributed by atoms with van der Waals surface area (Å²) in [5.74, 6) is 0.240. The molecule has 1 aliphatic carbocycles. The second kappa shape index (κ2) is 11.1. The number of nitro groups is 1. The predicted molar refractivity (Wildman–Crippen MR) is 143 cm³/mol. The van der Waals surface area contributed by atoms with Crippen LogP contribution in [0.25, 0.3) is 10.9 Å². The molecule has 1 aromatic heterocycles. The molecule has 0 saturated heterocycles. The molecule has 188 valence electrons. The molecule has 0 amide bonds. The maximum atomic E-state index is 12.0. The van der Waals surface area contributed by atoms with Crippen LogP contribution in [0.3, 0.4) is 0 Å². The second-order valence-electron chi connectivity index (χ2n) is 9.23. The average molecular weight is 508 g/mol. The Morgan fingerprint density at radius 3 is 2.67 bits per heavy atom. The van der Waals surface area contributed by atoms with E-state index in [1.807, 2.05) is 48.7 Å². The lowest BCUT2D eigenvalue weighted by molar-refractivity contribution is -0.386. The van der Waals surface area contributed by atoms with E-state index in [-0.39, 0.29) is 47.5 Å². The summed E-state index contributed by atoms with van der Waals surface area (Å²) in [6.45, 7) is 2.35. The first-order valence-electron chi connectivity index (χ1n) is 12.0. The van der Waals surface area contributed by atoms with Crippen molar-refractivity contribution in [3.8, 4) is 5.75 Å². The van der Waals surface area contributed by atoms with E-state index in [2.05, 4.69) is 29.4 Å². The fourth-order valence-corrected chi connectivity index (χ4v) is 5.13. The highest BCUT2D eigenvalue weighted by Crippen LogP contribution is 2.41. The van der Waals surface area contributed by atoms with Crippen molar-refractivity contribution in [2.75, 3.05) is 0 Å². The van der Waals surface area contributed by atoms with Crippen LogP contribution in [-0.4, -0.2) is 27.1 Å². The zero-order chi connectivity index (χ0) is 24.4. The number of aliphatic hydroxyl groups is 1. The molecule has 3 atom stereocenters. The predicted octanol–water partition coefficient (Wildman–Crippen LogP) is 5.65. The molecule has 36 heavy (non-hydrogen) atoms. The van der Waals surface area contributed by atoms with Crippen LogP contribution in [0.5, 0.6) is 5.75 Å². The number of fused-ring (bicyclic) bond motifs is 2. The van der Waals surface area contributed by atoms with Crippen molar-refractivity contribution < 1.29 is 14.8 Å². The Morgan fingerprint density at radius 2 is 1.89 bits per heavy atom. The smallest absolute Gasteiger partial charge is 0.314 e. The first kappa shape index (κ1) is 25.7. The molecule has 0 fully saturated rings. The number of hydrogen-bond donors (Lipinski definition) is 3. The molecule has 3 unspecified atom stereocenters. The third kappa shape index (κ3) is 5.23. The molecular formula is C28H30ClN3O4. The highest BCUT2D eigenvalue weighted by atomic mass is 35.5. The summed E-state index contributed by atoms with van der Waals surface area (Å²) >= 11 is 0. The summed E-state index contributed by atoms with van der Waals surface area (Å²) in [4.78, 5) is 14.9. The third-order valence-corrected chi connectivity index (χ3v) is 6.81. The van der Waals surface area contributed by atoms with Gasteiger partial charge >= 0.3 is 5.69 Å². The van der Waals surface area contributed by atoms with Gasteiger partial charge in [0.15, 0.2) is 5.75 Å². The minimum absolute atomic E-state index is 0. The standard InChI is InChI=1S/C28H29N3O4.ClH/c1-18(15-20-16-29-24-10-6-5-9-21(20)24)30-25-13-11-22-23(28(25)32)12-14-26(27(22)31(33)34)35-17-19-7-3-2-4-8-19;/h2-10,12,14,16,18,25,28-30,32H,11,13,15,17H2,1H3;1H. The molecule has 1 heterocycles. The van der Waals surface area contributed by atoms with E-state index >= 15 is 0 Å². The van der Waals surface area contributed by atoms with Crippen molar-refractivity contribution >= 4 is 29.0 Å². The minimum Gasteiger partial charge on any atom is -0.482 e. The first-order valence-corrected chi connectivity index (χ1v) is 12.0. The van der Waals surface area contributed by atoms with Gasteiger partial charge in [0.05, 0.1) is 11.0 Å². The molecule has 8 heteroatoms. The van der Waals surface area contributed by atoms with Crippen molar-refractivity contribution in [1.29, 1.82) is 0 Å². The summed E-state index contributed by atoms with van der Waals surface area (Å²) in [6, 6.07) is 21.1. The highest BCUT2D eigenvalue weighted by molar-refractivity contribution is 5.85. The number of nitrogens with zero attached hydrogens (tertiary/aromatic N) is 1. The Hall–Kier alpha value is -3.39. The number of halogens is 1. The summed E-state index contributed by atoms with van der Waals surface area (Å²) in [7, 11) is 0. The van der Waals surface area contributed by atoms with Gasteiger partial charge in [0, 0.05) is 34.7 Å². The van der Waals surface area contributed by atoms with Crippen molar-refractivity contribution in [3.05, 3.63) is 105 Å². The molecule has 5 rings (SSSR count). The van der Waals surface area contributed by atoms with E-state index in [0.29, 0.717) is 24.0 Å². The number of aromatic nitrogens is 1. The first-order chi connectivity index (χ1) is 17.0. The van der Waals surface area contributed by atoms with E-state index in [0.717, 1.165) is 17.5 Å². The van der Waals surface area contributed by atoms with Crippen LogP contribution in [0, 0.1) is 10.1 Å². The van der Waals surface area contributed by atoms with Gasteiger partial charge in [-0.25, -0.2) is 0 Å². The molecule has 0 aliphatic heterocycles. The van der Waals surface area contributed by atoms with Crippen molar-refractivity contribution in [2.45, 2.75) is 51.0 Å². The number of aromatic amines is 1. The molecule has 1 aliphatic rings. The number of H-pyrrole nitrogens is 1. The van der Waals surface area contributed by atoms with E-state index in [9.17, 15) is 15.2 Å². The Labute approximate surface area is 216 Å². The molecule has 3 aromatic carbocycles. The van der Waals surface area contributed by atoms with Crippen LogP contribution in [0.4, 0.5) is 5.69 Å². The van der Waals surface area contributed by atoms with Gasteiger partial charge in [0.1, 0.15) is 6.61 Å². The van der Waals surface area contributed by atoms with Crippen molar-refractivity contribution in [3.63, 3.8) is 0 Å². The Kier molecular flexibility index (Phi) is 7.94. The maximum absolute atomic E-state index is 12.0. The minimum atomic E-state index is -0.828. The number of nitro benzene ring substituents is 1. The number of hydrogen-bond acceptors (Lipinski definition) is 5. The number of para-hydroxylation sites is 1. The molecule has 0 bridgehead atoms. The monoisotopic (exact) mass is 507 g/mol. The Morgan fingerprint density at radius 1 is 1.14 bits per heavy atom. The molecular weight excluding hydrogens is 478 g/mol. The van der Waals surface area contributed by atoms with Crippen LogP contribution < -0.4 is 10.1 Å². The molecule has 0 radical (unpaired) electrons. The number of ether oxygens (including phenoxy) is 1.